The van der Waals surface area contributed by atoms with E-state index in [4.69, 9.17) is 28.4 Å². The van der Waals surface area contributed by atoms with Gasteiger partial charge in [-0.2, -0.15) is 10.5 Å². The van der Waals surface area contributed by atoms with Gasteiger partial charge < -0.3 is 28.4 Å². The minimum absolute atomic E-state index is 0.0236. The number of carbonyl (C=O) groups is 4. The van der Waals surface area contributed by atoms with Crippen molar-refractivity contribution in [1.29, 1.82) is 10.5 Å². The Kier molecular flexibility index (Phi) is 10.5. The summed E-state index contributed by atoms with van der Waals surface area (Å²) in [6.45, 7) is 3.70. The Bertz CT molecular complexity index is 1570. The lowest BCUT2D eigenvalue weighted by Gasteiger charge is -2.45. The minimum atomic E-state index is -1.72. The fourth-order valence-corrected chi connectivity index (χ4v) is 4.95. The first kappa shape index (κ1) is 32.7. The van der Waals surface area contributed by atoms with Gasteiger partial charge in [0.25, 0.3) is 5.56 Å². The summed E-state index contributed by atoms with van der Waals surface area (Å²) in [5.41, 5.74) is -1.39. The Morgan fingerprint density at radius 2 is 1.40 bits per heavy atom. The SMILES string of the molecule is COc1ccc(-c2c(C#N)c(S)n(C3OC(COC(C)=O)C(OC(C)=O)C(OC(C)=O)C3OC(C)=O)c(=O)c2C#N)cc1. The highest BCUT2D eigenvalue weighted by Crippen LogP contribution is 2.38. The van der Waals surface area contributed by atoms with E-state index in [0.717, 1.165) is 32.3 Å². The molecule has 2 aromatic rings. The predicted octanol–water partition coefficient (Wildman–Crippen LogP) is 1.81. The van der Waals surface area contributed by atoms with E-state index in [0.29, 0.717) is 11.3 Å². The number of benzene rings is 1. The van der Waals surface area contributed by atoms with Crippen LogP contribution in [0.15, 0.2) is 34.1 Å². The molecule has 1 saturated heterocycles. The maximum atomic E-state index is 14.0. The minimum Gasteiger partial charge on any atom is -0.497 e. The number of nitrogens with zero attached hydrogens (tertiary/aromatic N) is 3. The second-order valence-corrected chi connectivity index (χ2v) is 9.59. The maximum absolute atomic E-state index is 14.0. The number of aromatic nitrogens is 1. The number of thiol groups is 1. The Morgan fingerprint density at radius 1 is 0.860 bits per heavy atom. The molecule has 0 saturated carbocycles. The Balaban J connectivity index is 2.35. The fourth-order valence-electron chi connectivity index (χ4n) is 4.59. The number of rotatable bonds is 8. The third-order valence-corrected chi connectivity index (χ3v) is 6.65. The van der Waals surface area contributed by atoms with Gasteiger partial charge in [0.15, 0.2) is 24.5 Å². The maximum Gasteiger partial charge on any atom is 0.303 e. The van der Waals surface area contributed by atoms with Crippen molar-refractivity contribution in [3.8, 4) is 29.0 Å². The van der Waals surface area contributed by atoms with E-state index in [-0.39, 0.29) is 16.2 Å². The first-order valence-electron chi connectivity index (χ1n) is 12.6. The lowest BCUT2D eigenvalue weighted by Crippen LogP contribution is -2.61. The number of ether oxygens (including phenoxy) is 6. The van der Waals surface area contributed by atoms with Crippen molar-refractivity contribution in [2.45, 2.75) is 63.4 Å². The van der Waals surface area contributed by atoms with E-state index >= 15 is 0 Å². The first-order chi connectivity index (χ1) is 20.3. The molecule has 3 rings (SSSR count). The Hall–Kier alpha value is -4.86. The summed E-state index contributed by atoms with van der Waals surface area (Å²) < 4.78 is 33.3. The summed E-state index contributed by atoms with van der Waals surface area (Å²) in [4.78, 5) is 62.0. The average molecular weight is 614 g/mol. The van der Waals surface area contributed by atoms with E-state index in [1.54, 1.807) is 24.3 Å². The molecule has 1 aliphatic rings. The number of carbonyl (C=O) groups excluding carboxylic acids is 4. The molecule has 0 amide bonds. The van der Waals surface area contributed by atoms with Gasteiger partial charge in [-0.15, -0.1) is 12.6 Å². The molecule has 1 aromatic carbocycles. The van der Waals surface area contributed by atoms with Crippen LogP contribution >= 0.6 is 12.6 Å². The van der Waals surface area contributed by atoms with E-state index in [1.165, 1.54) is 7.11 Å². The standard InChI is InChI=1S/C28H27N3O11S/c1-13(32)38-12-21-23(39-14(2)33)24(40-15(3)34)25(41-16(4)35)27(42-21)31-26(36)19(10-29)22(20(11-30)28(31)43)17-6-8-18(37-5)9-7-17/h6-9,21,23-25,27,43H,12H2,1-5H3. The van der Waals surface area contributed by atoms with Gasteiger partial charge in [0.05, 0.1) is 17.7 Å². The summed E-state index contributed by atoms with van der Waals surface area (Å²) >= 11 is 4.45. The highest BCUT2D eigenvalue weighted by atomic mass is 32.1. The molecule has 0 aliphatic carbocycles. The molecule has 226 valence electrons. The van der Waals surface area contributed by atoms with Crippen molar-refractivity contribution < 1.29 is 47.6 Å². The number of nitriles is 2. The molecule has 5 unspecified atom stereocenters. The number of pyridine rings is 1. The van der Waals surface area contributed by atoms with Crippen molar-refractivity contribution in [3.63, 3.8) is 0 Å². The summed E-state index contributed by atoms with van der Waals surface area (Å²) in [6.07, 6.45) is -7.85. The van der Waals surface area contributed by atoms with Crippen LogP contribution in [-0.4, -0.2) is 66.6 Å². The van der Waals surface area contributed by atoms with Crippen LogP contribution in [-0.2, 0) is 42.9 Å². The molecule has 1 aliphatic heterocycles. The zero-order valence-corrected chi connectivity index (χ0v) is 24.6. The quantitative estimate of drug-likeness (QED) is 0.258. The predicted molar refractivity (Wildman–Crippen MR) is 147 cm³/mol. The molecule has 14 nitrogen and oxygen atoms in total. The highest BCUT2D eigenvalue weighted by Gasteiger charge is 2.53. The molecule has 0 radical (unpaired) electrons. The molecule has 5 atom stereocenters. The van der Waals surface area contributed by atoms with Crippen molar-refractivity contribution in [1.82, 2.24) is 4.57 Å². The van der Waals surface area contributed by atoms with Crippen molar-refractivity contribution in [3.05, 3.63) is 45.7 Å². The van der Waals surface area contributed by atoms with Gasteiger partial charge in [-0.3, -0.25) is 28.5 Å². The van der Waals surface area contributed by atoms with E-state index < -0.39 is 72.3 Å². The van der Waals surface area contributed by atoms with E-state index in [1.807, 2.05) is 12.1 Å². The van der Waals surface area contributed by atoms with Gasteiger partial charge in [0, 0.05) is 33.3 Å². The van der Waals surface area contributed by atoms with Gasteiger partial charge in [-0.25, -0.2) is 0 Å². The Morgan fingerprint density at radius 3 is 1.88 bits per heavy atom. The van der Waals surface area contributed by atoms with Crippen LogP contribution in [0.25, 0.3) is 11.1 Å². The number of hydrogen-bond donors (Lipinski definition) is 1. The molecule has 1 aromatic heterocycles. The summed E-state index contributed by atoms with van der Waals surface area (Å²) in [5, 5.41) is 19.9. The van der Waals surface area contributed by atoms with Gasteiger partial charge in [-0.1, -0.05) is 12.1 Å². The number of hydrogen-bond acceptors (Lipinski definition) is 14. The van der Waals surface area contributed by atoms with Crippen LogP contribution in [0.5, 0.6) is 5.75 Å². The molecule has 43 heavy (non-hydrogen) atoms. The lowest BCUT2D eigenvalue weighted by atomic mass is 9.95. The molecule has 0 spiro atoms. The first-order valence-corrected chi connectivity index (χ1v) is 13.1. The van der Waals surface area contributed by atoms with Crippen molar-refractivity contribution in [2.75, 3.05) is 13.7 Å². The molecular weight excluding hydrogens is 586 g/mol. The molecule has 1 fully saturated rings. The highest BCUT2D eigenvalue weighted by molar-refractivity contribution is 7.80. The third kappa shape index (κ3) is 7.14. The van der Waals surface area contributed by atoms with Gasteiger partial charge in [0.2, 0.25) is 0 Å². The van der Waals surface area contributed by atoms with Crippen LogP contribution in [0.3, 0.4) is 0 Å². The zero-order valence-electron chi connectivity index (χ0n) is 23.7. The number of esters is 4. The van der Waals surface area contributed by atoms with Crippen molar-refractivity contribution >= 4 is 36.5 Å². The van der Waals surface area contributed by atoms with E-state index in [9.17, 15) is 34.5 Å². The summed E-state index contributed by atoms with van der Waals surface area (Å²) in [5.74, 6) is -2.87. The monoisotopic (exact) mass is 613 g/mol. The number of methoxy groups -OCH3 is 1. The lowest BCUT2D eigenvalue weighted by molar-refractivity contribution is -0.270. The second-order valence-electron chi connectivity index (χ2n) is 9.17. The van der Waals surface area contributed by atoms with Crippen LogP contribution < -0.4 is 10.3 Å². The fraction of sp³-hybridized carbons (Fsp3) is 0.393. The molecular formula is C28H27N3O11S. The Labute approximate surface area is 251 Å². The molecule has 2 heterocycles. The largest absolute Gasteiger partial charge is 0.497 e. The van der Waals surface area contributed by atoms with Gasteiger partial charge in [0.1, 0.15) is 36.2 Å². The van der Waals surface area contributed by atoms with Crippen LogP contribution in [0.4, 0.5) is 0 Å². The van der Waals surface area contributed by atoms with Gasteiger partial charge >= 0.3 is 23.9 Å². The smallest absolute Gasteiger partial charge is 0.303 e. The summed E-state index contributed by atoms with van der Waals surface area (Å²) in [6, 6.07) is 10.00. The molecule has 0 bridgehead atoms. The topological polar surface area (TPSA) is 193 Å². The molecule has 15 heteroatoms. The van der Waals surface area contributed by atoms with Crippen LogP contribution in [0.1, 0.15) is 45.0 Å². The third-order valence-electron chi connectivity index (χ3n) is 6.21. The van der Waals surface area contributed by atoms with E-state index in [2.05, 4.69) is 12.6 Å². The second kappa shape index (κ2) is 13.9. The van der Waals surface area contributed by atoms with Gasteiger partial charge in [-0.05, 0) is 17.7 Å². The van der Waals surface area contributed by atoms with Crippen LogP contribution in [0, 0.1) is 22.7 Å². The average Bonchev–Trinajstić information content (AvgIpc) is 2.94. The molecule has 0 N–H and O–H groups in total. The summed E-state index contributed by atoms with van der Waals surface area (Å²) in [7, 11) is 1.46. The normalized spacial score (nSPS) is 21.0. The zero-order chi connectivity index (χ0) is 32.0. The van der Waals surface area contributed by atoms with Crippen LogP contribution in [0.2, 0.25) is 0 Å². The van der Waals surface area contributed by atoms with Crippen molar-refractivity contribution in [2.24, 2.45) is 0 Å².